The number of halogens is 3. The SMILES string of the molecule is CN(Cc1ccc(Cl)s1)c1nc(Cl)ncc1F. The summed E-state index contributed by atoms with van der Waals surface area (Å²) in [4.78, 5) is 10.1. The topological polar surface area (TPSA) is 29.0 Å². The third-order valence-electron chi connectivity index (χ3n) is 2.08. The highest BCUT2D eigenvalue weighted by Crippen LogP contribution is 2.24. The minimum absolute atomic E-state index is 0.0254. The van der Waals surface area contributed by atoms with Gasteiger partial charge < -0.3 is 4.90 Å². The smallest absolute Gasteiger partial charge is 0.224 e. The fourth-order valence-electron chi connectivity index (χ4n) is 1.35. The molecule has 0 fully saturated rings. The van der Waals surface area contributed by atoms with Crippen molar-refractivity contribution in [3.05, 3.63) is 38.6 Å². The third kappa shape index (κ3) is 3.06. The Labute approximate surface area is 112 Å². The summed E-state index contributed by atoms with van der Waals surface area (Å²) in [6, 6.07) is 3.70. The van der Waals surface area contributed by atoms with Crippen LogP contribution in [0.3, 0.4) is 0 Å². The molecule has 0 radical (unpaired) electrons. The normalized spacial score (nSPS) is 10.6. The molecule has 0 N–H and O–H groups in total. The third-order valence-corrected chi connectivity index (χ3v) is 3.48. The number of nitrogens with zero attached hydrogens (tertiary/aromatic N) is 3. The van der Waals surface area contributed by atoms with E-state index in [9.17, 15) is 4.39 Å². The molecule has 0 amide bonds. The van der Waals surface area contributed by atoms with E-state index in [2.05, 4.69) is 9.97 Å². The molecule has 0 saturated heterocycles. The van der Waals surface area contributed by atoms with Crippen LogP contribution >= 0.6 is 34.5 Å². The van der Waals surface area contributed by atoms with Gasteiger partial charge in [-0.05, 0) is 23.7 Å². The van der Waals surface area contributed by atoms with Crippen molar-refractivity contribution < 1.29 is 4.39 Å². The van der Waals surface area contributed by atoms with Crippen LogP contribution in [0.15, 0.2) is 18.3 Å². The molecule has 7 heteroatoms. The van der Waals surface area contributed by atoms with Gasteiger partial charge in [0.15, 0.2) is 11.6 Å². The number of thiophene rings is 1. The molecule has 3 nitrogen and oxygen atoms in total. The molecule has 2 aromatic heterocycles. The summed E-state index contributed by atoms with van der Waals surface area (Å²) in [5, 5.41) is 0.0254. The number of hydrogen-bond acceptors (Lipinski definition) is 4. The van der Waals surface area contributed by atoms with Crippen LogP contribution in [0.1, 0.15) is 4.88 Å². The first-order valence-corrected chi connectivity index (χ1v) is 6.27. The van der Waals surface area contributed by atoms with E-state index >= 15 is 0 Å². The van der Waals surface area contributed by atoms with E-state index in [4.69, 9.17) is 23.2 Å². The highest BCUT2D eigenvalue weighted by Gasteiger charge is 2.12. The van der Waals surface area contributed by atoms with Gasteiger partial charge >= 0.3 is 0 Å². The summed E-state index contributed by atoms with van der Waals surface area (Å²) in [6.45, 7) is 0.516. The van der Waals surface area contributed by atoms with Gasteiger partial charge in [-0.15, -0.1) is 11.3 Å². The predicted octanol–water partition coefficient (Wildman–Crippen LogP) is 3.62. The van der Waals surface area contributed by atoms with Gasteiger partial charge in [-0.3, -0.25) is 0 Å². The lowest BCUT2D eigenvalue weighted by Gasteiger charge is -2.17. The first kappa shape index (κ1) is 12.5. The second-order valence-corrected chi connectivity index (χ2v) is 5.51. The summed E-state index contributed by atoms with van der Waals surface area (Å²) < 4.78 is 14.2. The minimum Gasteiger partial charge on any atom is -0.352 e. The van der Waals surface area contributed by atoms with E-state index in [0.29, 0.717) is 10.9 Å². The van der Waals surface area contributed by atoms with Crippen molar-refractivity contribution in [1.29, 1.82) is 0 Å². The Morgan fingerprint density at radius 3 is 2.82 bits per heavy atom. The fourth-order valence-corrected chi connectivity index (χ4v) is 2.62. The Hall–Kier alpha value is -0.910. The number of hydrogen-bond donors (Lipinski definition) is 0. The van der Waals surface area contributed by atoms with Crippen LogP contribution in [0.2, 0.25) is 9.62 Å². The predicted molar refractivity (Wildman–Crippen MR) is 68.4 cm³/mol. The van der Waals surface area contributed by atoms with Crippen LogP contribution in [0.5, 0.6) is 0 Å². The molecular weight excluding hydrogens is 284 g/mol. The van der Waals surface area contributed by atoms with E-state index in [1.165, 1.54) is 11.3 Å². The molecule has 17 heavy (non-hydrogen) atoms. The summed E-state index contributed by atoms with van der Waals surface area (Å²) in [5.41, 5.74) is 0. The Bertz CT molecular complexity index is 532. The van der Waals surface area contributed by atoms with E-state index in [-0.39, 0.29) is 11.1 Å². The zero-order valence-electron chi connectivity index (χ0n) is 8.82. The second-order valence-electron chi connectivity index (χ2n) is 3.37. The van der Waals surface area contributed by atoms with E-state index < -0.39 is 5.82 Å². The average Bonchev–Trinajstić information content (AvgIpc) is 2.67. The maximum absolute atomic E-state index is 13.5. The van der Waals surface area contributed by atoms with Crippen LogP contribution in [0.4, 0.5) is 10.2 Å². The van der Waals surface area contributed by atoms with Crippen LogP contribution in [-0.4, -0.2) is 17.0 Å². The molecule has 0 unspecified atom stereocenters. The Morgan fingerprint density at radius 2 is 2.18 bits per heavy atom. The van der Waals surface area contributed by atoms with Gasteiger partial charge in [-0.25, -0.2) is 9.37 Å². The molecule has 0 aliphatic carbocycles. The van der Waals surface area contributed by atoms with Crippen molar-refractivity contribution in [1.82, 2.24) is 9.97 Å². The Kier molecular flexibility index (Phi) is 3.81. The first-order valence-electron chi connectivity index (χ1n) is 4.69. The monoisotopic (exact) mass is 291 g/mol. The molecule has 2 rings (SSSR count). The minimum atomic E-state index is -0.500. The average molecular weight is 292 g/mol. The molecule has 0 aliphatic rings. The second kappa shape index (κ2) is 5.16. The molecule has 0 aromatic carbocycles. The maximum Gasteiger partial charge on any atom is 0.224 e. The quantitative estimate of drug-likeness (QED) is 0.809. The standard InChI is InChI=1S/C10H8Cl2FN3S/c1-16(5-6-2-3-8(11)17-6)9-7(13)4-14-10(12)15-9/h2-4H,5H2,1H3. The molecule has 0 aliphatic heterocycles. The lowest BCUT2D eigenvalue weighted by Crippen LogP contribution is -2.18. The Morgan fingerprint density at radius 1 is 1.41 bits per heavy atom. The summed E-state index contributed by atoms with van der Waals surface area (Å²) in [6.07, 6.45) is 1.06. The van der Waals surface area contributed by atoms with Crippen molar-refractivity contribution in [3.63, 3.8) is 0 Å². The van der Waals surface area contributed by atoms with Crippen LogP contribution in [0.25, 0.3) is 0 Å². The number of anilines is 1. The van der Waals surface area contributed by atoms with Crippen LogP contribution in [0, 0.1) is 5.82 Å². The largest absolute Gasteiger partial charge is 0.352 e. The highest BCUT2D eigenvalue weighted by molar-refractivity contribution is 7.16. The van der Waals surface area contributed by atoms with Crippen molar-refractivity contribution in [2.24, 2.45) is 0 Å². The molecule has 2 aromatic rings. The maximum atomic E-state index is 13.5. The van der Waals surface area contributed by atoms with Gasteiger partial charge in [-0.1, -0.05) is 11.6 Å². The lowest BCUT2D eigenvalue weighted by molar-refractivity contribution is 0.607. The molecule has 90 valence electrons. The zero-order valence-corrected chi connectivity index (χ0v) is 11.2. The number of aromatic nitrogens is 2. The van der Waals surface area contributed by atoms with Crippen LogP contribution in [-0.2, 0) is 6.54 Å². The molecule has 0 atom stereocenters. The zero-order chi connectivity index (χ0) is 12.4. The molecular formula is C10H8Cl2FN3S. The van der Waals surface area contributed by atoms with Gasteiger partial charge in [0.05, 0.1) is 17.1 Å². The van der Waals surface area contributed by atoms with Gasteiger partial charge in [0.25, 0.3) is 0 Å². The van der Waals surface area contributed by atoms with E-state index in [1.807, 2.05) is 6.07 Å². The van der Waals surface area contributed by atoms with E-state index in [0.717, 1.165) is 11.1 Å². The summed E-state index contributed by atoms with van der Waals surface area (Å²) in [7, 11) is 1.73. The van der Waals surface area contributed by atoms with Crippen molar-refractivity contribution in [2.45, 2.75) is 6.54 Å². The van der Waals surface area contributed by atoms with Crippen molar-refractivity contribution >= 4 is 40.4 Å². The van der Waals surface area contributed by atoms with Gasteiger partial charge in [0, 0.05) is 11.9 Å². The van der Waals surface area contributed by atoms with Crippen molar-refractivity contribution in [2.75, 3.05) is 11.9 Å². The highest BCUT2D eigenvalue weighted by atomic mass is 35.5. The first-order chi connectivity index (χ1) is 8.06. The van der Waals surface area contributed by atoms with E-state index in [1.54, 1.807) is 18.0 Å². The Balaban J connectivity index is 2.19. The molecule has 0 saturated carbocycles. The number of rotatable bonds is 3. The molecule has 0 bridgehead atoms. The van der Waals surface area contributed by atoms with Gasteiger partial charge in [-0.2, -0.15) is 4.98 Å². The van der Waals surface area contributed by atoms with Crippen molar-refractivity contribution in [3.8, 4) is 0 Å². The fraction of sp³-hybridized carbons (Fsp3) is 0.200. The summed E-state index contributed by atoms with van der Waals surface area (Å²) >= 11 is 12.9. The lowest BCUT2D eigenvalue weighted by atomic mass is 10.4. The van der Waals surface area contributed by atoms with Gasteiger partial charge in [0.2, 0.25) is 5.28 Å². The molecule has 2 heterocycles. The molecule has 0 spiro atoms. The van der Waals surface area contributed by atoms with Gasteiger partial charge in [0.1, 0.15) is 0 Å². The summed E-state index contributed by atoms with van der Waals surface area (Å²) in [5.74, 6) is -0.325. The van der Waals surface area contributed by atoms with Crippen LogP contribution < -0.4 is 4.90 Å².